The van der Waals surface area contributed by atoms with Gasteiger partial charge in [0, 0.05) is 17.1 Å². The first-order valence-corrected chi connectivity index (χ1v) is 10.3. The number of hydrogen-bond donors (Lipinski definition) is 2. The molecule has 0 aliphatic rings. The lowest BCUT2D eigenvalue weighted by molar-refractivity contribution is -0.116. The molecule has 0 unspecified atom stereocenters. The fourth-order valence-electron chi connectivity index (χ4n) is 2.88. The Kier molecular flexibility index (Phi) is 6.63. The average Bonchev–Trinajstić information content (AvgIpc) is 2.91. The lowest BCUT2D eigenvalue weighted by atomic mass is 10.2. The van der Waals surface area contributed by atoms with Crippen LogP contribution in [0.4, 0.5) is 5.69 Å². The van der Waals surface area contributed by atoms with Crippen molar-refractivity contribution in [2.45, 2.75) is 39.1 Å². The number of ether oxygens (including phenoxy) is 1. The third-order valence-electron chi connectivity index (χ3n) is 4.40. The zero-order chi connectivity index (χ0) is 21.1. The number of sulfonamides is 1. The minimum absolute atomic E-state index is 0.0148. The SMILES string of the molecule is CCOC(=O)c1cc(C)n(CC(=O)Nc2ccc(C)c(S(=O)(=O)NC)c2)c1C. The zero-order valence-electron chi connectivity index (χ0n) is 16.6. The molecule has 0 saturated carbocycles. The number of aromatic nitrogens is 1. The van der Waals surface area contributed by atoms with Gasteiger partial charge in [0.05, 0.1) is 17.1 Å². The van der Waals surface area contributed by atoms with Gasteiger partial charge in [-0.15, -0.1) is 0 Å². The van der Waals surface area contributed by atoms with E-state index >= 15 is 0 Å². The lowest BCUT2D eigenvalue weighted by Crippen LogP contribution is -2.22. The molecular formula is C19H25N3O5S. The largest absolute Gasteiger partial charge is 0.462 e. The van der Waals surface area contributed by atoms with Crippen molar-refractivity contribution in [2.75, 3.05) is 19.0 Å². The number of nitrogens with zero attached hydrogens (tertiary/aromatic N) is 1. The van der Waals surface area contributed by atoms with Gasteiger partial charge in [0.15, 0.2) is 0 Å². The van der Waals surface area contributed by atoms with Crippen LogP contribution in [0.3, 0.4) is 0 Å². The molecule has 0 spiro atoms. The van der Waals surface area contributed by atoms with Crippen LogP contribution in [0.25, 0.3) is 0 Å². The van der Waals surface area contributed by atoms with Gasteiger partial charge in [-0.1, -0.05) is 6.07 Å². The second kappa shape index (κ2) is 8.57. The Balaban J connectivity index is 2.22. The van der Waals surface area contributed by atoms with Crippen molar-refractivity contribution >= 4 is 27.6 Å². The minimum Gasteiger partial charge on any atom is -0.462 e. The molecule has 1 heterocycles. The third kappa shape index (κ3) is 4.60. The van der Waals surface area contributed by atoms with E-state index < -0.39 is 16.0 Å². The first kappa shape index (κ1) is 21.6. The van der Waals surface area contributed by atoms with E-state index in [9.17, 15) is 18.0 Å². The molecule has 0 radical (unpaired) electrons. The van der Waals surface area contributed by atoms with Crippen LogP contribution in [0.15, 0.2) is 29.2 Å². The van der Waals surface area contributed by atoms with E-state index in [0.29, 0.717) is 22.5 Å². The van der Waals surface area contributed by atoms with Gasteiger partial charge in [0.2, 0.25) is 15.9 Å². The van der Waals surface area contributed by atoms with Gasteiger partial charge in [-0.3, -0.25) is 4.79 Å². The lowest BCUT2D eigenvalue weighted by Gasteiger charge is -2.12. The van der Waals surface area contributed by atoms with Crippen LogP contribution < -0.4 is 10.0 Å². The third-order valence-corrected chi connectivity index (χ3v) is 5.96. The molecule has 2 rings (SSSR count). The first-order valence-electron chi connectivity index (χ1n) is 8.78. The second-order valence-electron chi connectivity index (χ2n) is 6.33. The highest BCUT2D eigenvalue weighted by Crippen LogP contribution is 2.21. The summed E-state index contributed by atoms with van der Waals surface area (Å²) in [4.78, 5) is 24.6. The molecule has 1 aromatic heterocycles. The monoisotopic (exact) mass is 407 g/mol. The first-order chi connectivity index (χ1) is 13.1. The molecule has 2 N–H and O–H groups in total. The second-order valence-corrected chi connectivity index (χ2v) is 8.18. The Hall–Kier alpha value is -2.65. The molecule has 0 saturated heterocycles. The quantitative estimate of drug-likeness (QED) is 0.684. The van der Waals surface area contributed by atoms with Gasteiger partial charge < -0.3 is 14.6 Å². The summed E-state index contributed by atoms with van der Waals surface area (Å²) >= 11 is 0. The van der Waals surface area contributed by atoms with E-state index in [1.807, 2.05) is 0 Å². The summed E-state index contributed by atoms with van der Waals surface area (Å²) in [6.45, 7) is 7.21. The smallest absolute Gasteiger partial charge is 0.339 e. The summed E-state index contributed by atoms with van der Waals surface area (Å²) in [7, 11) is -2.30. The summed E-state index contributed by atoms with van der Waals surface area (Å²) in [5.41, 5.74) is 2.75. The van der Waals surface area contributed by atoms with Crippen LogP contribution in [0, 0.1) is 20.8 Å². The number of amides is 1. The van der Waals surface area contributed by atoms with E-state index in [1.54, 1.807) is 50.5 Å². The zero-order valence-corrected chi connectivity index (χ0v) is 17.4. The van der Waals surface area contributed by atoms with Crippen LogP contribution in [0.1, 0.15) is 34.2 Å². The fourth-order valence-corrected chi connectivity index (χ4v) is 3.88. The summed E-state index contributed by atoms with van der Waals surface area (Å²) in [5.74, 6) is -0.767. The van der Waals surface area contributed by atoms with Crippen molar-refractivity contribution in [3.8, 4) is 0 Å². The molecule has 0 bridgehead atoms. The molecule has 0 aliphatic carbocycles. The Morgan fingerprint density at radius 3 is 2.43 bits per heavy atom. The van der Waals surface area contributed by atoms with Gasteiger partial charge in [-0.2, -0.15) is 0 Å². The minimum atomic E-state index is -3.63. The maximum atomic E-state index is 12.5. The average molecular weight is 407 g/mol. The highest BCUT2D eigenvalue weighted by molar-refractivity contribution is 7.89. The number of benzene rings is 1. The van der Waals surface area contributed by atoms with Crippen LogP contribution >= 0.6 is 0 Å². The molecule has 0 atom stereocenters. The highest BCUT2D eigenvalue weighted by atomic mass is 32.2. The Bertz CT molecular complexity index is 1010. The Morgan fingerprint density at radius 2 is 1.82 bits per heavy atom. The topological polar surface area (TPSA) is 106 Å². The predicted molar refractivity (Wildman–Crippen MR) is 106 cm³/mol. The summed E-state index contributed by atoms with van der Waals surface area (Å²) < 4.78 is 33.2. The Labute approximate surface area is 164 Å². The summed E-state index contributed by atoms with van der Waals surface area (Å²) in [6, 6.07) is 6.37. The summed E-state index contributed by atoms with van der Waals surface area (Å²) in [5, 5.41) is 2.70. The van der Waals surface area contributed by atoms with Crippen molar-refractivity contribution in [2.24, 2.45) is 0 Å². The standard InChI is InChI=1S/C19H25N3O5S/c1-6-27-19(24)16-9-13(3)22(14(16)4)11-18(23)21-15-8-7-12(2)17(10-15)28(25,26)20-5/h7-10,20H,6,11H2,1-5H3,(H,21,23). The number of esters is 1. The molecule has 1 amide bonds. The maximum Gasteiger partial charge on any atom is 0.339 e. The number of aryl methyl sites for hydroxylation is 2. The van der Waals surface area contributed by atoms with Gasteiger partial charge in [0.1, 0.15) is 6.54 Å². The van der Waals surface area contributed by atoms with E-state index in [-0.39, 0.29) is 24.0 Å². The fraction of sp³-hybridized carbons (Fsp3) is 0.368. The van der Waals surface area contributed by atoms with Crippen LogP contribution in [-0.4, -0.2) is 38.5 Å². The number of nitrogens with one attached hydrogen (secondary N) is 2. The molecule has 152 valence electrons. The molecule has 9 heteroatoms. The molecule has 1 aromatic carbocycles. The molecule has 8 nitrogen and oxygen atoms in total. The normalized spacial score (nSPS) is 11.3. The van der Waals surface area contributed by atoms with Crippen molar-refractivity contribution in [3.05, 3.63) is 46.8 Å². The highest BCUT2D eigenvalue weighted by Gasteiger charge is 2.19. The number of carbonyl (C=O) groups excluding carboxylic acids is 2. The van der Waals surface area contributed by atoms with E-state index in [2.05, 4.69) is 10.0 Å². The van der Waals surface area contributed by atoms with E-state index in [0.717, 1.165) is 5.69 Å². The molecular weight excluding hydrogens is 382 g/mol. The number of anilines is 1. The Morgan fingerprint density at radius 1 is 1.14 bits per heavy atom. The predicted octanol–water partition coefficient (Wildman–Crippen LogP) is 2.14. The number of rotatable bonds is 7. The van der Waals surface area contributed by atoms with E-state index in [4.69, 9.17) is 4.74 Å². The van der Waals surface area contributed by atoms with Crippen LogP contribution in [0.5, 0.6) is 0 Å². The van der Waals surface area contributed by atoms with E-state index in [1.165, 1.54) is 13.1 Å². The number of hydrogen-bond acceptors (Lipinski definition) is 5. The maximum absolute atomic E-state index is 12.5. The molecule has 0 fully saturated rings. The van der Waals surface area contributed by atoms with Crippen molar-refractivity contribution in [1.82, 2.24) is 9.29 Å². The number of carbonyl (C=O) groups is 2. The van der Waals surface area contributed by atoms with Crippen LogP contribution in [0.2, 0.25) is 0 Å². The van der Waals surface area contributed by atoms with Crippen molar-refractivity contribution in [3.63, 3.8) is 0 Å². The van der Waals surface area contributed by atoms with Gasteiger partial charge in [-0.25, -0.2) is 17.9 Å². The van der Waals surface area contributed by atoms with Crippen molar-refractivity contribution in [1.29, 1.82) is 0 Å². The molecule has 2 aromatic rings. The van der Waals surface area contributed by atoms with Gasteiger partial charge >= 0.3 is 5.97 Å². The molecule has 0 aliphatic heterocycles. The van der Waals surface area contributed by atoms with Crippen molar-refractivity contribution < 1.29 is 22.7 Å². The van der Waals surface area contributed by atoms with Crippen LogP contribution in [-0.2, 0) is 26.1 Å². The van der Waals surface area contributed by atoms with Gasteiger partial charge in [0.25, 0.3) is 0 Å². The molecule has 28 heavy (non-hydrogen) atoms. The summed E-state index contributed by atoms with van der Waals surface area (Å²) in [6.07, 6.45) is 0. The van der Waals surface area contributed by atoms with Gasteiger partial charge in [-0.05, 0) is 58.5 Å².